The third-order valence-corrected chi connectivity index (χ3v) is 5.81. The van der Waals surface area contributed by atoms with E-state index < -0.39 is 0 Å². The van der Waals surface area contributed by atoms with Crippen LogP contribution in [0.25, 0.3) is 0 Å². The Hall–Kier alpha value is -1.76. The Kier molecular flexibility index (Phi) is 6.40. The number of hydrogen-bond acceptors (Lipinski definition) is 5. The van der Waals surface area contributed by atoms with E-state index in [2.05, 4.69) is 39.2 Å². The van der Waals surface area contributed by atoms with Gasteiger partial charge in [-0.3, -0.25) is 14.7 Å². The van der Waals surface area contributed by atoms with Gasteiger partial charge in [-0.05, 0) is 44.1 Å². The average Bonchev–Trinajstić information content (AvgIpc) is 3.05. The van der Waals surface area contributed by atoms with Gasteiger partial charge in [0.15, 0.2) is 0 Å². The van der Waals surface area contributed by atoms with Crippen molar-refractivity contribution >= 4 is 17.2 Å². The Morgan fingerprint density at radius 3 is 2.92 bits per heavy atom. The van der Waals surface area contributed by atoms with Crippen LogP contribution in [0.4, 0.5) is 0 Å². The number of carbonyl (C=O) groups is 1. The molecule has 140 valence electrons. The summed E-state index contributed by atoms with van der Waals surface area (Å²) in [6.45, 7) is 6.43. The first-order chi connectivity index (χ1) is 12.6. The molecule has 26 heavy (non-hydrogen) atoms. The van der Waals surface area contributed by atoms with Crippen molar-refractivity contribution in [1.82, 2.24) is 20.1 Å². The molecule has 0 saturated carbocycles. The Labute approximate surface area is 160 Å². The molecule has 1 amide bonds. The fourth-order valence-electron chi connectivity index (χ4n) is 3.18. The molecule has 0 bridgehead atoms. The quantitative estimate of drug-likeness (QED) is 0.811. The Morgan fingerprint density at radius 2 is 2.23 bits per heavy atom. The Balaban J connectivity index is 1.59. The zero-order valence-electron chi connectivity index (χ0n) is 15.9. The second-order valence-electron chi connectivity index (χ2n) is 7.08. The highest BCUT2D eigenvalue weighted by Gasteiger charge is 2.24. The predicted octanol–water partition coefficient (Wildman–Crippen LogP) is 2.56. The summed E-state index contributed by atoms with van der Waals surface area (Å²) in [6, 6.07) is 4.30. The number of aryl methyl sites for hydroxylation is 1. The molecule has 0 aromatic carbocycles. The highest BCUT2D eigenvalue weighted by Crippen LogP contribution is 2.29. The molecular weight excluding hydrogens is 344 g/mol. The first-order valence-electron chi connectivity index (χ1n) is 9.25. The van der Waals surface area contributed by atoms with Crippen LogP contribution in [0, 0.1) is 0 Å². The molecule has 1 N–H and O–H groups in total. The maximum atomic E-state index is 12.4. The zero-order valence-corrected chi connectivity index (χ0v) is 16.7. The molecule has 3 heterocycles. The van der Waals surface area contributed by atoms with Crippen LogP contribution >= 0.6 is 11.3 Å². The molecule has 0 spiro atoms. The van der Waals surface area contributed by atoms with E-state index in [0.717, 1.165) is 50.3 Å². The smallest absolute Gasteiger partial charge is 0.252 e. The SMILES string of the molecule is CCc1ccc(CN2CCc3c(C(=O)NCCN(C)C)csc3C2)nc1. The van der Waals surface area contributed by atoms with Crippen molar-refractivity contribution in [2.75, 3.05) is 33.7 Å². The monoisotopic (exact) mass is 372 g/mol. The number of nitrogens with one attached hydrogen (secondary N) is 1. The number of pyridine rings is 1. The zero-order chi connectivity index (χ0) is 18.5. The van der Waals surface area contributed by atoms with Crippen LogP contribution in [0.3, 0.4) is 0 Å². The second kappa shape index (κ2) is 8.75. The molecule has 1 aliphatic rings. The Bertz CT molecular complexity index is 739. The fourth-order valence-corrected chi connectivity index (χ4v) is 4.30. The molecule has 2 aromatic rings. The van der Waals surface area contributed by atoms with Gasteiger partial charge in [-0.25, -0.2) is 0 Å². The lowest BCUT2D eigenvalue weighted by Gasteiger charge is -2.27. The van der Waals surface area contributed by atoms with Crippen molar-refractivity contribution in [2.45, 2.75) is 32.9 Å². The van der Waals surface area contributed by atoms with Gasteiger partial charge >= 0.3 is 0 Å². The van der Waals surface area contributed by atoms with Crippen molar-refractivity contribution in [3.8, 4) is 0 Å². The van der Waals surface area contributed by atoms with E-state index in [1.807, 2.05) is 25.7 Å². The normalized spacial score (nSPS) is 14.5. The molecule has 2 aromatic heterocycles. The third kappa shape index (κ3) is 4.69. The predicted molar refractivity (Wildman–Crippen MR) is 107 cm³/mol. The van der Waals surface area contributed by atoms with Gasteiger partial charge < -0.3 is 10.2 Å². The lowest BCUT2D eigenvalue weighted by Crippen LogP contribution is -2.33. The molecule has 5 nitrogen and oxygen atoms in total. The highest BCUT2D eigenvalue weighted by atomic mass is 32.1. The topological polar surface area (TPSA) is 48.5 Å². The number of fused-ring (bicyclic) bond motifs is 1. The third-order valence-electron chi connectivity index (χ3n) is 4.80. The van der Waals surface area contributed by atoms with Crippen molar-refractivity contribution in [3.05, 3.63) is 51.0 Å². The summed E-state index contributed by atoms with van der Waals surface area (Å²) < 4.78 is 0. The highest BCUT2D eigenvalue weighted by molar-refractivity contribution is 7.10. The van der Waals surface area contributed by atoms with Crippen molar-refractivity contribution in [3.63, 3.8) is 0 Å². The van der Waals surface area contributed by atoms with Crippen molar-refractivity contribution < 1.29 is 4.79 Å². The standard InChI is InChI=1S/C20H28N4OS/c1-4-15-5-6-16(22-11-15)12-24-9-7-17-18(14-26-19(17)13-24)20(25)21-8-10-23(2)3/h5-6,11,14H,4,7-10,12-13H2,1-3H3,(H,21,25). The first-order valence-corrected chi connectivity index (χ1v) is 10.1. The molecule has 0 unspecified atom stereocenters. The lowest BCUT2D eigenvalue weighted by molar-refractivity contribution is 0.0949. The molecular formula is C20H28N4OS. The number of aromatic nitrogens is 1. The molecule has 0 aliphatic carbocycles. The van der Waals surface area contributed by atoms with Crippen molar-refractivity contribution in [2.24, 2.45) is 0 Å². The van der Waals surface area contributed by atoms with E-state index in [9.17, 15) is 4.79 Å². The van der Waals surface area contributed by atoms with Crippen LogP contribution in [-0.4, -0.2) is 54.4 Å². The minimum Gasteiger partial charge on any atom is -0.351 e. The summed E-state index contributed by atoms with van der Waals surface area (Å²) in [4.78, 5) is 22.8. The van der Waals surface area contributed by atoms with Crippen LogP contribution in [-0.2, 0) is 25.9 Å². The summed E-state index contributed by atoms with van der Waals surface area (Å²) in [5, 5.41) is 5.05. The maximum absolute atomic E-state index is 12.4. The molecule has 1 aliphatic heterocycles. The van der Waals surface area contributed by atoms with E-state index in [1.54, 1.807) is 11.3 Å². The average molecular weight is 373 g/mol. The number of likely N-dealkylation sites (N-methyl/N-ethyl adjacent to an activating group) is 1. The number of amides is 1. The second-order valence-corrected chi connectivity index (χ2v) is 8.05. The summed E-state index contributed by atoms with van der Waals surface area (Å²) in [6.07, 6.45) is 3.93. The van der Waals surface area contributed by atoms with E-state index in [0.29, 0.717) is 6.54 Å². The number of nitrogens with zero attached hydrogens (tertiary/aromatic N) is 3. The molecule has 6 heteroatoms. The van der Waals surface area contributed by atoms with Crippen LogP contribution in [0.1, 0.15) is 39.0 Å². The van der Waals surface area contributed by atoms with Gasteiger partial charge in [0.2, 0.25) is 0 Å². The van der Waals surface area contributed by atoms with Crippen LogP contribution in [0.15, 0.2) is 23.7 Å². The Morgan fingerprint density at radius 1 is 1.38 bits per heavy atom. The van der Waals surface area contributed by atoms with Gasteiger partial charge in [-0.15, -0.1) is 11.3 Å². The van der Waals surface area contributed by atoms with Gasteiger partial charge in [-0.1, -0.05) is 13.0 Å². The molecule has 0 fully saturated rings. The van der Waals surface area contributed by atoms with E-state index >= 15 is 0 Å². The van der Waals surface area contributed by atoms with Gasteiger partial charge in [0.25, 0.3) is 5.91 Å². The minimum atomic E-state index is 0.0645. The van der Waals surface area contributed by atoms with E-state index in [-0.39, 0.29) is 5.91 Å². The number of rotatable bonds is 7. The van der Waals surface area contributed by atoms with E-state index in [4.69, 9.17) is 0 Å². The fraction of sp³-hybridized carbons (Fsp3) is 0.500. The number of hydrogen-bond donors (Lipinski definition) is 1. The van der Waals surface area contributed by atoms with Crippen molar-refractivity contribution in [1.29, 1.82) is 0 Å². The maximum Gasteiger partial charge on any atom is 0.252 e. The van der Waals surface area contributed by atoms with Gasteiger partial charge in [0.1, 0.15) is 0 Å². The van der Waals surface area contributed by atoms with Gasteiger partial charge in [0, 0.05) is 49.2 Å². The summed E-state index contributed by atoms with van der Waals surface area (Å²) in [5.41, 5.74) is 4.50. The molecule has 0 atom stereocenters. The lowest BCUT2D eigenvalue weighted by atomic mass is 10.0. The summed E-state index contributed by atoms with van der Waals surface area (Å²) in [5.74, 6) is 0.0645. The minimum absolute atomic E-state index is 0.0645. The number of carbonyl (C=O) groups excluding carboxylic acids is 1. The molecule has 0 radical (unpaired) electrons. The van der Waals surface area contributed by atoms with Crippen LogP contribution in [0.5, 0.6) is 0 Å². The van der Waals surface area contributed by atoms with E-state index in [1.165, 1.54) is 16.0 Å². The molecule has 3 rings (SSSR count). The summed E-state index contributed by atoms with van der Waals surface area (Å²) in [7, 11) is 4.02. The molecule has 0 saturated heterocycles. The summed E-state index contributed by atoms with van der Waals surface area (Å²) >= 11 is 1.71. The van der Waals surface area contributed by atoms with Crippen LogP contribution < -0.4 is 5.32 Å². The largest absolute Gasteiger partial charge is 0.351 e. The van der Waals surface area contributed by atoms with Gasteiger partial charge in [0.05, 0.1) is 11.3 Å². The van der Waals surface area contributed by atoms with Gasteiger partial charge in [-0.2, -0.15) is 0 Å². The van der Waals surface area contributed by atoms with Crippen LogP contribution in [0.2, 0.25) is 0 Å². The first kappa shape index (κ1) is 19.0. The number of thiophene rings is 1.